The molecule has 0 atom stereocenters. The van der Waals surface area contributed by atoms with E-state index < -0.39 is 11.6 Å². The van der Waals surface area contributed by atoms with Gasteiger partial charge in [-0.3, -0.25) is 10.1 Å². The van der Waals surface area contributed by atoms with Gasteiger partial charge in [-0.15, -0.1) is 0 Å². The summed E-state index contributed by atoms with van der Waals surface area (Å²) in [5.74, 6) is 0. The van der Waals surface area contributed by atoms with Gasteiger partial charge in [0, 0.05) is 4.92 Å². The number of hydrogen-bond donors (Lipinski definition) is 0. The van der Waals surface area contributed by atoms with Crippen LogP contribution in [-0.4, -0.2) is 11.6 Å². The van der Waals surface area contributed by atoms with Crippen molar-refractivity contribution in [3.05, 3.63) is 10.1 Å². The van der Waals surface area contributed by atoms with Gasteiger partial charge in [0.1, 0.15) is 0 Å². The topological polar surface area (TPSA) is 66.9 Å². The fraction of sp³-hybridized carbons (Fsp3) is 1.00. The summed E-state index contributed by atoms with van der Waals surface area (Å²) in [7, 11) is 0. The van der Waals surface area contributed by atoms with Crippen LogP contribution >= 0.6 is 0 Å². The number of nitrogens with one attached hydrogen (secondary N) is 1. The molecular formula is CH3N2O2. The van der Waals surface area contributed by atoms with E-state index in [4.69, 9.17) is 15.8 Å². The van der Waals surface area contributed by atoms with E-state index >= 15 is 0 Å². The van der Waals surface area contributed by atoms with Gasteiger partial charge in [-0.2, -0.15) is 5.73 Å². The molecule has 0 saturated heterocycles. The van der Waals surface area contributed by atoms with Gasteiger partial charge in [0.2, 0.25) is 0 Å². The second-order valence-electron chi connectivity index (χ2n) is 0.491. The van der Waals surface area contributed by atoms with Gasteiger partial charge in [-0.05, 0) is 0 Å². The van der Waals surface area contributed by atoms with Crippen molar-refractivity contribution in [3.63, 3.8) is 0 Å². The van der Waals surface area contributed by atoms with Crippen molar-refractivity contribution in [1.29, 1.82) is 0 Å². The first-order valence-electron chi connectivity index (χ1n) is 1.03. The number of hydrogen-bond acceptors (Lipinski definition) is 2. The molecule has 0 spiro atoms. The first-order chi connectivity index (χ1) is 2.27. The molecule has 0 bridgehead atoms. The third-order valence-corrected chi connectivity index (χ3v) is 0.129. The molecule has 4 heteroatoms. The minimum absolute atomic E-state index is 0.708. The van der Waals surface area contributed by atoms with Crippen molar-refractivity contribution in [2.24, 2.45) is 0 Å². The molecule has 0 aromatic heterocycles. The molecule has 0 rings (SSSR count). The fourth-order valence-corrected chi connectivity index (χ4v) is 0. The van der Waals surface area contributed by atoms with Gasteiger partial charge in [-0.1, -0.05) is 0 Å². The van der Waals surface area contributed by atoms with Crippen LogP contribution in [0, 0.1) is 10.1 Å². The summed E-state index contributed by atoms with van der Waals surface area (Å²) in [5, 5.41) is 8.99. The van der Waals surface area contributed by atoms with Gasteiger partial charge in [0.25, 0.3) is 6.67 Å². The van der Waals surface area contributed by atoms with Gasteiger partial charge < -0.3 is 0 Å². The van der Waals surface area contributed by atoms with Crippen molar-refractivity contribution in [1.82, 2.24) is 5.73 Å². The Labute approximate surface area is 28.7 Å². The SMILES string of the molecule is [NH]C[N+](=O)[O-]. The van der Waals surface area contributed by atoms with E-state index in [1.165, 1.54) is 0 Å². The van der Waals surface area contributed by atoms with Crippen LogP contribution in [0.5, 0.6) is 0 Å². The number of rotatable bonds is 1. The number of nitro groups is 1. The highest BCUT2D eigenvalue weighted by Gasteiger charge is 1.78. The molecule has 0 fully saturated rings. The summed E-state index contributed by atoms with van der Waals surface area (Å²) >= 11 is 0. The van der Waals surface area contributed by atoms with Crippen LogP contribution in [0.2, 0.25) is 0 Å². The molecule has 0 aromatic rings. The van der Waals surface area contributed by atoms with E-state index in [1.807, 2.05) is 0 Å². The molecule has 0 aliphatic rings. The molecular weight excluding hydrogens is 72.0 g/mol. The van der Waals surface area contributed by atoms with E-state index in [9.17, 15) is 0 Å². The molecule has 0 aliphatic carbocycles. The molecule has 5 heavy (non-hydrogen) atoms. The van der Waals surface area contributed by atoms with Crippen LogP contribution in [-0.2, 0) is 0 Å². The maximum Gasteiger partial charge on any atom is 0.269 e. The second-order valence-corrected chi connectivity index (χ2v) is 0.491. The third kappa shape index (κ3) is 3.36. The maximum atomic E-state index is 8.99. The zero-order chi connectivity index (χ0) is 4.28. The lowest BCUT2D eigenvalue weighted by molar-refractivity contribution is -0.480. The molecule has 29 valence electrons. The molecule has 0 saturated carbocycles. The van der Waals surface area contributed by atoms with Gasteiger partial charge in [0.15, 0.2) is 0 Å². The van der Waals surface area contributed by atoms with E-state index in [0.717, 1.165) is 0 Å². The monoisotopic (exact) mass is 75.0 g/mol. The zero-order valence-corrected chi connectivity index (χ0v) is 2.47. The van der Waals surface area contributed by atoms with Crippen molar-refractivity contribution < 1.29 is 4.92 Å². The Bertz CT molecular complexity index is 42.9. The van der Waals surface area contributed by atoms with Crippen LogP contribution in [0.15, 0.2) is 0 Å². The highest BCUT2D eigenvalue weighted by atomic mass is 16.6. The first-order valence-corrected chi connectivity index (χ1v) is 1.03. The highest BCUT2D eigenvalue weighted by molar-refractivity contribution is 4.01. The number of nitrogens with zero attached hydrogens (tertiary/aromatic N) is 1. The quantitative estimate of drug-likeness (QED) is 0.311. The highest BCUT2D eigenvalue weighted by Crippen LogP contribution is 1.51. The summed E-state index contributed by atoms with van der Waals surface area (Å²) in [4.78, 5) is 8.28. The summed E-state index contributed by atoms with van der Waals surface area (Å²) in [5.41, 5.74) is 5.96. The smallest absolute Gasteiger partial charge is 0.263 e. The minimum atomic E-state index is -0.722. The standard InChI is InChI=1S/CH3N2O2/c2-1-3(4)5/h2H,1H2. The summed E-state index contributed by atoms with van der Waals surface area (Å²) in [6.07, 6.45) is 0. The van der Waals surface area contributed by atoms with E-state index in [0.29, 0.717) is 0 Å². The Morgan fingerprint density at radius 2 is 2.20 bits per heavy atom. The van der Waals surface area contributed by atoms with Crippen LogP contribution in [0.3, 0.4) is 0 Å². The lowest BCUT2D eigenvalue weighted by Gasteiger charge is -1.73. The molecule has 0 unspecified atom stereocenters. The average Bonchev–Trinajstić information content (AvgIpc) is 1.38. The molecule has 0 heterocycles. The van der Waals surface area contributed by atoms with Gasteiger partial charge in [0.05, 0.1) is 0 Å². The van der Waals surface area contributed by atoms with Crippen LogP contribution in [0.25, 0.3) is 0 Å². The van der Waals surface area contributed by atoms with Crippen molar-refractivity contribution in [3.8, 4) is 0 Å². The van der Waals surface area contributed by atoms with E-state index in [2.05, 4.69) is 0 Å². The Balaban J connectivity index is 2.85. The largest absolute Gasteiger partial charge is 0.269 e. The first kappa shape index (κ1) is 4.36. The van der Waals surface area contributed by atoms with Crippen LogP contribution < -0.4 is 5.73 Å². The van der Waals surface area contributed by atoms with Crippen molar-refractivity contribution in [2.75, 3.05) is 6.67 Å². The molecule has 0 aromatic carbocycles. The normalized spacial score (nSPS) is 7.40. The third-order valence-electron chi connectivity index (χ3n) is 0.129. The second kappa shape index (κ2) is 1.66. The summed E-state index contributed by atoms with van der Waals surface area (Å²) < 4.78 is 0. The lowest BCUT2D eigenvalue weighted by Crippen LogP contribution is -1.98. The Morgan fingerprint density at radius 1 is 2.00 bits per heavy atom. The summed E-state index contributed by atoms with van der Waals surface area (Å²) in [6.45, 7) is -0.722. The molecule has 0 aliphatic heterocycles. The van der Waals surface area contributed by atoms with Crippen molar-refractivity contribution >= 4 is 0 Å². The average molecular weight is 75.0 g/mol. The van der Waals surface area contributed by atoms with E-state index in [1.54, 1.807) is 0 Å². The molecule has 0 amide bonds. The predicted molar refractivity (Wildman–Crippen MR) is 15.0 cm³/mol. The van der Waals surface area contributed by atoms with Crippen LogP contribution in [0.4, 0.5) is 0 Å². The Hall–Kier alpha value is -0.640. The molecule has 1 N–H and O–H groups in total. The van der Waals surface area contributed by atoms with E-state index in [-0.39, 0.29) is 0 Å². The lowest BCUT2D eigenvalue weighted by atomic mass is 11.2. The predicted octanol–water partition coefficient (Wildman–Crippen LogP) is -0.497. The molecule has 4 nitrogen and oxygen atoms in total. The molecule has 1 radical (unpaired) electrons. The van der Waals surface area contributed by atoms with Gasteiger partial charge >= 0.3 is 0 Å². The van der Waals surface area contributed by atoms with Crippen LogP contribution in [0.1, 0.15) is 0 Å². The Morgan fingerprint density at radius 3 is 2.20 bits per heavy atom. The Kier molecular flexibility index (Phi) is 1.45. The fourth-order valence-electron chi connectivity index (χ4n) is 0. The van der Waals surface area contributed by atoms with Gasteiger partial charge in [-0.25, -0.2) is 0 Å². The zero-order valence-electron chi connectivity index (χ0n) is 2.47. The van der Waals surface area contributed by atoms with Crippen molar-refractivity contribution in [2.45, 2.75) is 0 Å². The minimum Gasteiger partial charge on any atom is -0.263 e. The maximum absolute atomic E-state index is 8.99. The summed E-state index contributed by atoms with van der Waals surface area (Å²) in [6, 6.07) is 0.